The molecule has 0 saturated heterocycles. The highest BCUT2D eigenvalue weighted by Crippen LogP contribution is 2.44. The maximum Gasteiger partial charge on any atom is 0.228 e. The van der Waals surface area contributed by atoms with E-state index >= 15 is 0 Å². The van der Waals surface area contributed by atoms with Gasteiger partial charge in [-0.25, -0.2) is 0 Å². The van der Waals surface area contributed by atoms with Crippen LogP contribution in [0.3, 0.4) is 0 Å². The molecule has 1 saturated carbocycles. The predicted molar refractivity (Wildman–Crippen MR) is 80.6 cm³/mol. The van der Waals surface area contributed by atoms with Gasteiger partial charge in [0.2, 0.25) is 5.91 Å². The molecule has 0 heterocycles. The van der Waals surface area contributed by atoms with Gasteiger partial charge >= 0.3 is 0 Å². The summed E-state index contributed by atoms with van der Waals surface area (Å²) in [5, 5.41) is 11.6. The number of rotatable bonds is 6. The second-order valence-electron chi connectivity index (χ2n) is 6.65. The van der Waals surface area contributed by atoms with Crippen LogP contribution in [0.1, 0.15) is 59.3 Å². The number of nitrogens with two attached hydrogens (primary N) is 1. The van der Waals surface area contributed by atoms with Crippen LogP contribution in [-0.4, -0.2) is 34.9 Å². The summed E-state index contributed by atoms with van der Waals surface area (Å²) in [5.74, 6) is 0.910. The summed E-state index contributed by atoms with van der Waals surface area (Å²) >= 11 is 0. The highest BCUT2D eigenvalue weighted by atomic mass is 16.4. The molecule has 20 heavy (non-hydrogen) atoms. The van der Waals surface area contributed by atoms with E-state index in [2.05, 4.69) is 19.0 Å². The maximum absolute atomic E-state index is 12.9. The zero-order chi connectivity index (χ0) is 15.3. The van der Waals surface area contributed by atoms with Crippen molar-refractivity contribution < 1.29 is 10.0 Å². The summed E-state index contributed by atoms with van der Waals surface area (Å²) in [4.78, 5) is 14.7. The van der Waals surface area contributed by atoms with Gasteiger partial charge < -0.3 is 15.8 Å². The molecule has 1 amide bonds. The van der Waals surface area contributed by atoms with E-state index in [4.69, 9.17) is 10.9 Å². The van der Waals surface area contributed by atoms with Crippen molar-refractivity contribution in [1.82, 2.24) is 4.90 Å². The first-order chi connectivity index (χ1) is 9.32. The van der Waals surface area contributed by atoms with Crippen LogP contribution in [0.2, 0.25) is 0 Å². The summed E-state index contributed by atoms with van der Waals surface area (Å²) in [5.41, 5.74) is 5.35. The smallest absolute Gasteiger partial charge is 0.228 e. The van der Waals surface area contributed by atoms with Gasteiger partial charge in [-0.15, -0.1) is 0 Å². The lowest BCUT2D eigenvalue weighted by molar-refractivity contribution is -0.143. The van der Waals surface area contributed by atoms with E-state index in [0.717, 1.165) is 32.1 Å². The summed E-state index contributed by atoms with van der Waals surface area (Å²) in [6.45, 7) is 6.29. The molecule has 1 aliphatic carbocycles. The molecule has 0 aromatic rings. The number of amides is 1. The van der Waals surface area contributed by atoms with Crippen LogP contribution in [-0.2, 0) is 4.79 Å². The molecule has 0 radical (unpaired) electrons. The molecule has 0 aromatic carbocycles. The Labute approximate surface area is 122 Å². The quantitative estimate of drug-likeness (QED) is 0.340. The normalized spacial score (nSPS) is 20.1. The average molecular weight is 283 g/mol. The van der Waals surface area contributed by atoms with E-state index in [1.807, 2.05) is 14.0 Å². The van der Waals surface area contributed by atoms with Gasteiger partial charge in [0.1, 0.15) is 5.84 Å². The van der Waals surface area contributed by atoms with Crippen molar-refractivity contribution in [2.24, 2.45) is 22.2 Å². The van der Waals surface area contributed by atoms with Crippen molar-refractivity contribution in [3.8, 4) is 0 Å². The minimum atomic E-state index is -0.192. The van der Waals surface area contributed by atoms with Crippen LogP contribution < -0.4 is 5.73 Å². The van der Waals surface area contributed by atoms with Crippen molar-refractivity contribution in [3.05, 3.63) is 0 Å². The van der Waals surface area contributed by atoms with Gasteiger partial charge in [-0.3, -0.25) is 4.79 Å². The molecule has 0 aromatic heterocycles. The Kier molecular flexibility index (Phi) is 5.84. The molecular formula is C15H29N3O2. The number of oxime groups is 1. The van der Waals surface area contributed by atoms with Gasteiger partial charge in [0.25, 0.3) is 0 Å². The van der Waals surface area contributed by atoms with Crippen molar-refractivity contribution >= 4 is 11.7 Å². The van der Waals surface area contributed by atoms with E-state index in [0.29, 0.717) is 12.3 Å². The molecule has 5 heteroatoms. The van der Waals surface area contributed by atoms with E-state index in [-0.39, 0.29) is 23.2 Å². The number of nitrogens with zero attached hydrogens (tertiary/aromatic N) is 2. The average Bonchev–Trinajstić information content (AvgIpc) is 2.85. The second-order valence-corrected chi connectivity index (χ2v) is 6.65. The van der Waals surface area contributed by atoms with Crippen molar-refractivity contribution in [2.75, 3.05) is 7.05 Å². The lowest BCUT2D eigenvalue weighted by Gasteiger charge is -2.36. The summed E-state index contributed by atoms with van der Waals surface area (Å²) in [6.07, 6.45) is 5.61. The lowest BCUT2D eigenvalue weighted by atomic mass is 9.77. The Hall–Kier alpha value is -1.26. The highest BCUT2D eigenvalue weighted by Gasteiger charge is 2.43. The van der Waals surface area contributed by atoms with Gasteiger partial charge in [-0.1, -0.05) is 31.8 Å². The fourth-order valence-electron chi connectivity index (χ4n) is 3.39. The van der Waals surface area contributed by atoms with Crippen LogP contribution in [0.5, 0.6) is 0 Å². The fraction of sp³-hybridized carbons (Fsp3) is 0.867. The van der Waals surface area contributed by atoms with Gasteiger partial charge in [0.15, 0.2) is 0 Å². The number of carbonyl (C=O) groups is 1. The Balaban J connectivity index is 2.79. The van der Waals surface area contributed by atoms with Crippen LogP contribution >= 0.6 is 0 Å². The molecule has 0 bridgehead atoms. The van der Waals surface area contributed by atoms with E-state index in [1.165, 1.54) is 0 Å². The van der Waals surface area contributed by atoms with E-state index in [9.17, 15) is 4.79 Å². The van der Waals surface area contributed by atoms with E-state index in [1.54, 1.807) is 4.90 Å². The molecule has 0 aliphatic heterocycles. The van der Waals surface area contributed by atoms with Crippen molar-refractivity contribution in [1.29, 1.82) is 0 Å². The molecule has 1 unspecified atom stereocenters. The summed E-state index contributed by atoms with van der Waals surface area (Å²) in [6, 6.07) is -0.0527. The second kappa shape index (κ2) is 6.95. The van der Waals surface area contributed by atoms with Crippen molar-refractivity contribution in [3.63, 3.8) is 0 Å². The van der Waals surface area contributed by atoms with Gasteiger partial charge in [0, 0.05) is 24.9 Å². The topological polar surface area (TPSA) is 78.9 Å². The molecule has 1 atom stereocenters. The minimum absolute atomic E-state index is 0.0527. The number of hydrogen-bond donors (Lipinski definition) is 2. The Morgan fingerprint density at radius 1 is 1.35 bits per heavy atom. The Morgan fingerprint density at radius 3 is 2.35 bits per heavy atom. The maximum atomic E-state index is 12.9. The third-order valence-corrected chi connectivity index (χ3v) is 4.43. The minimum Gasteiger partial charge on any atom is -0.409 e. The van der Waals surface area contributed by atoms with Crippen LogP contribution in [0.4, 0.5) is 0 Å². The first kappa shape index (κ1) is 16.8. The molecule has 3 N–H and O–H groups in total. The lowest BCUT2D eigenvalue weighted by Crippen LogP contribution is -2.46. The van der Waals surface area contributed by atoms with Gasteiger partial charge in [0.05, 0.1) is 0 Å². The zero-order valence-corrected chi connectivity index (χ0v) is 13.2. The van der Waals surface area contributed by atoms with Crippen LogP contribution in [0, 0.1) is 11.3 Å². The third kappa shape index (κ3) is 3.87. The van der Waals surface area contributed by atoms with Crippen molar-refractivity contribution in [2.45, 2.75) is 65.3 Å². The van der Waals surface area contributed by atoms with Gasteiger partial charge in [-0.05, 0) is 32.1 Å². The third-order valence-electron chi connectivity index (χ3n) is 4.43. The molecule has 1 aliphatic rings. The largest absolute Gasteiger partial charge is 0.409 e. The SMILES string of the molecule is CC(C)CC1(C(=O)N(C)C(C)CC(N)=NO)CCCC1. The summed E-state index contributed by atoms with van der Waals surface area (Å²) < 4.78 is 0. The first-order valence-corrected chi connectivity index (χ1v) is 7.56. The van der Waals surface area contributed by atoms with Gasteiger partial charge in [-0.2, -0.15) is 0 Å². The van der Waals surface area contributed by atoms with Crippen LogP contribution in [0.15, 0.2) is 5.16 Å². The van der Waals surface area contributed by atoms with E-state index < -0.39 is 0 Å². The standard InChI is InChI=1S/C15H29N3O2/c1-11(2)10-15(7-5-6-8-15)14(19)18(4)12(3)9-13(16)17-20/h11-12,20H,5-10H2,1-4H3,(H2,16,17). The fourth-order valence-corrected chi connectivity index (χ4v) is 3.39. The highest BCUT2D eigenvalue weighted by molar-refractivity contribution is 5.85. The van der Waals surface area contributed by atoms with Crippen LogP contribution in [0.25, 0.3) is 0 Å². The predicted octanol–water partition coefficient (Wildman–Crippen LogP) is 2.58. The Bertz CT molecular complexity index is 360. The Morgan fingerprint density at radius 2 is 1.90 bits per heavy atom. The summed E-state index contributed by atoms with van der Waals surface area (Å²) in [7, 11) is 1.83. The monoisotopic (exact) mass is 283 g/mol. The molecule has 0 spiro atoms. The molecular weight excluding hydrogens is 254 g/mol. The molecule has 1 rings (SSSR count). The molecule has 116 valence electrons. The molecule has 5 nitrogen and oxygen atoms in total. The number of amidine groups is 1. The molecule has 1 fully saturated rings. The number of hydrogen-bond acceptors (Lipinski definition) is 3. The first-order valence-electron chi connectivity index (χ1n) is 7.56. The zero-order valence-electron chi connectivity index (χ0n) is 13.2. The number of carbonyl (C=O) groups excluding carboxylic acids is 1.